The Morgan fingerprint density at radius 1 is 1.00 bits per heavy atom. The van der Waals surface area contributed by atoms with Crippen LogP contribution in [0.4, 0.5) is 17.1 Å². The van der Waals surface area contributed by atoms with Crippen LogP contribution in [0.25, 0.3) is 0 Å². The fourth-order valence-electron chi connectivity index (χ4n) is 1.82. The topological polar surface area (TPSA) is 101 Å². The first kappa shape index (κ1) is 15.2. The first-order valence-corrected chi connectivity index (χ1v) is 6.39. The number of carbonyl (C=O) groups excluding carboxylic acids is 2. The predicted molar refractivity (Wildman–Crippen MR) is 81.8 cm³/mol. The van der Waals surface area contributed by atoms with Gasteiger partial charge in [-0.2, -0.15) is 0 Å². The number of hydrogen-bond acceptors (Lipinski definition) is 4. The summed E-state index contributed by atoms with van der Waals surface area (Å²) >= 11 is 0. The highest BCUT2D eigenvalue weighted by Crippen LogP contribution is 2.17. The first-order chi connectivity index (χ1) is 10.5. The fraction of sp³-hybridized carbons (Fsp3) is 0.0667. The van der Waals surface area contributed by atoms with E-state index < -0.39 is 10.8 Å². The third-order valence-corrected chi connectivity index (χ3v) is 2.78. The molecule has 0 atom stereocenters. The van der Waals surface area contributed by atoms with Crippen molar-refractivity contribution in [2.24, 2.45) is 0 Å². The minimum atomic E-state index is -0.529. The first-order valence-electron chi connectivity index (χ1n) is 6.39. The zero-order chi connectivity index (χ0) is 16.1. The van der Waals surface area contributed by atoms with Crippen molar-refractivity contribution in [3.05, 3.63) is 64.2 Å². The number of hydrogen-bond donors (Lipinski definition) is 2. The zero-order valence-corrected chi connectivity index (χ0v) is 11.7. The summed E-state index contributed by atoms with van der Waals surface area (Å²) in [5.74, 6) is -0.603. The van der Waals surface area contributed by atoms with Crippen LogP contribution in [0.15, 0.2) is 48.5 Å². The molecule has 0 heterocycles. The van der Waals surface area contributed by atoms with E-state index in [1.165, 1.54) is 31.2 Å². The van der Waals surface area contributed by atoms with Crippen molar-refractivity contribution in [2.45, 2.75) is 6.92 Å². The van der Waals surface area contributed by atoms with Crippen LogP contribution in [0.2, 0.25) is 0 Å². The van der Waals surface area contributed by atoms with E-state index in [4.69, 9.17) is 0 Å². The van der Waals surface area contributed by atoms with E-state index in [1.54, 1.807) is 24.3 Å². The van der Waals surface area contributed by atoms with E-state index in [0.717, 1.165) is 0 Å². The van der Waals surface area contributed by atoms with E-state index in [1.807, 2.05) is 0 Å². The van der Waals surface area contributed by atoms with Gasteiger partial charge in [-0.3, -0.25) is 19.7 Å². The van der Waals surface area contributed by atoms with Crippen molar-refractivity contribution in [1.82, 2.24) is 0 Å². The zero-order valence-electron chi connectivity index (χ0n) is 11.7. The lowest BCUT2D eigenvalue weighted by molar-refractivity contribution is -0.384. The van der Waals surface area contributed by atoms with Crippen molar-refractivity contribution in [3.63, 3.8) is 0 Å². The molecule has 0 spiro atoms. The predicted octanol–water partition coefficient (Wildman–Crippen LogP) is 2.81. The number of non-ortho nitro benzene ring substituents is 1. The number of rotatable bonds is 4. The Hall–Kier alpha value is -3.22. The number of anilines is 2. The van der Waals surface area contributed by atoms with Gasteiger partial charge in [0.25, 0.3) is 11.6 Å². The summed E-state index contributed by atoms with van der Waals surface area (Å²) in [7, 11) is 0. The Kier molecular flexibility index (Phi) is 4.47. The highest BCUT2D eigenvalue weighted by atomic mass is 16.6. The Balaban J connectivity index is 2.11. The van der Waals surface area contributed by atoms with Gasteiger partial charge in [0.05, 0.1) is 4.92 Å². The Morgan fingerprint density at radius 3 is 2.14 bits per heavy atom. The maximum absolute atomic E-state index is 12.1. The van der Waals surface area contributed by atoms with E-state index in [-0.39, 0.29) is 11.6 Å². The van der Waals surface area contributed by atoms with Crippen LogP contribution < -0.4 is 10.6 Å². The van der Waals surface area contributed by atoms with Crippen molar-refractivity contribution in [2.75, 3.05) is 10.6 Å². The molecule has 0 radical (unpaired) electrons. The monoisotopic (exact) mass is 299 g/mol. The molecule has 0 saturated heterocycles. The van der Waals surface area contributed by atoms with Gasteiger partial charge in [-0.25, -0.2) is 0 Å². The van der Waals surface area contributed by atoms with E-state index >= 15 is 0 Å². The number of nitro groups is 1. The van der Waals surface area contributed by atoms with Crippen LogP contribution in [-0.4, -0.2) is 16.7 Å². The lowest BCUT2D eigenvalue weighted by Gasteiger charge is -2.07. The Morgan fingerprint density at radius 2 is 1.59 bits per heavy atom. The molecule has 0 aliphatic heterocycles. The highest BCUT2D eigenvalue weighted by molar-refractivity contribution is 6.04. The lowest BCUT2D eigenvalue weighted by atomic mass is 10.2. The molecule has 0 saturated carbocycles. The SMILES string of the molecule is CC(=O)Nc1cccc(NC(=O)c2ccc([N+](=O)[O-])cc2)c1. The van der Waals surface area contributed by atoms with Crippen molar-refractivity contribution in [1.29, 1.82) is 0 Å². The van der Waals surface area contributed by atoms with Gasteiger partial charge in [-0.15, -0.1) is 0 Å². The van der Waals surface area contributed by atoms with Gasteiger partial charge in [0, 0.05) is 36.0 Å². The summed E-state index contributed by atoms with van der Waals surface area (Å²) in [5.41, 5.74) is 1.29. The fourth-order valence-corrected chi connectivity index (χ4v) is 1.82. The van der Waals surface area contributed by atoms with Crippen LogP contribution in [0.3, 0.4) is 0 Å². The summed E-state index contributed by atoms with van der Waals surface area (Å²) in [5, 5.41) is 15.8. The molecule has 22 heavy (non-hydrogen) atoms. The minimum absolute atomic E-state index is 0.0794. The number of amides is 2. The second-order valence-corrected chi connectivity index (χ2v) is 4.52. The minimum Gasteiger partial charge on any atom is -0.326 e. The quantitative estimate of drug-likeness (QED) is 0.669. The third kappa shape index (κ3) is 3.89. The molecule has 7 heteroatoms. The van der Waals surface area contributed by atoms with Gasteiger partial charge in [-0.1, -0.05) is 6.07 Å². The number of nitrogens with zero attached hydrogens (tertiary/aromatic N) is 1. The van der Waals surface area contributed by atoms with Crippen LogP contribution in [-0.2, 0) is 4.79 Å². The standard InChI is InChI=1S/C15H13N3O4/c1-10(19)16-12-3-2-4-13(9-12)17-15(20)11-5-7-14(8-6-11)18(21)22/h2-9H,1H3,(H,16,19)(H,17,20). The van der Waals surface area contributed by atoms with Crippen LogP contribution in [0, 0.1) is 10.1 Å². The number of nitrogens with one attached hydrogen (secondary N) is 2. The van der Waals surface area contributed by atoms with E-state index in [0.29, 0.717) is 16.9 Å². The van der Waals surface area contributed by atoms with Crippen LogP contribution in [0.5, 0.6) is 0 Å². The van der Waals surface area contributed by atoms with Crippen LogP contribution in [0.1, 0.15) is 17.3 Å². The van der Waals surface area contributed by atoms with Gasteiger partial charge < -0.3 is 10.6 Å². The molecular formula is C15H13N3O4. The van der Waals surface area contributed by atoms with Crippen molar-refractivity contribution in [3.8, 4) is 0 Å². The smallest absolute Gasteiger partial charge is 0.269 e. The van der Waals surface area contributed by atoms with Gasteiger partial charge in [0.2, 0.25) is 5.91 Å². The largest absolute Gasteiger partial charge is 0.326 e. The summed E-state index contributed by atoms with van der Waals surface area (Å²) in [6.07, 6.45) is 0. The Bertz CT molecular complexity index is 726. The third-order valence-electron chi connectivity index (χ3n) is 2.78. The Labute approximate surface area is 126 Å². The van der Waals surface area contributed by atoms with E-state index in [9.17, 15) is 19.7 Å². The summed E-state index contributed by atoms with van der Waals surface area (Å²) < 4.78 is 0. The molecule has 0 unspecified atom stereocenters. The summed E-state index contributed by atoms with van der Waals surface area (Å²) in [6, 6.07) is 12.0. The second-order valence-electron chi connectivity index (χ2n) is 4.52. The maximum atomic E-state index is 12.1. The molecule has 2 amide bonds. The van der Waals surface area contributed by atoms with Gasteiger partial charge in [-0.05, 0) is 30.3 Å². The van der Waals surface area contributed by atoms with Crippen LogP contribution >= 0.6 is 0 Å². The molecule has 0 bridgehead atoms. The molecule has 112 valence electrons. The second kappa shape index (κ2) is 6.49. The van der Waals surface area contributed by atoms with Gasteiger partial charge in [0.15, 0.2) is 0 Å². The molecule has 2 aromatic rings. The lowest BCUT2D eigenvalue weighted by Crippen LogP contribution is -2.12. The average molecular weight is 299 g/mol. The van der Waals surface area contributed by atoms with Crippen molar-refractivity contribution >= 4 is 28.9 Å². The molecule has 0 aliphatic carbocycles. The molecule has 2 rings (SSSR count). The molecule has 2 N–H and O–H groups in total. The number of carbonyl (C=O) groups is 2. The molecule has 0 aliphatic rings. The summed E-state index contributed by atoms with van der Waals surface area (Å²) in [4.78, 5) is 33.1. The molecule has 7 nitrogen and oxygen atoms in total. The number of benzene rings is 2. The van der Waals surface area contributed by atoms with Crippen molar-refractivity contribution < 1.29 is 14.5 Å². The molecule has 2 aromatic carbocycles. The van der Waals surface area contributed by atoms with Gasteiger partial charge in [0.1, 0.15) is 0 Å². The van der Waals surface area contributed by atoms with Gasteiger partial charge >= 0.3 is 0 Å². The maximum Gasteiger partial charge on any atom is 0.269 e. The molecule has 0 aromatic heterocycles. The average Bonchev–Trinajstić information content (AvgIpc) is 2.47. The molecular weight excluding hydrogens is 286 g/mol. The molecule has 0 fully saturated rings. The normalized spacial score (nSPS) is 9.86. The highest BCUT2D eigenvalue weighted by Gasteiger charge is 2.10. The van der Waals surface area contributed by atoms with E-state index in [2.05, 4.69) is 10.6 Å². The summed E-state index contributed by atoms with van der Waals surface area (Å²) in [6.45, 7) is 1.39. The number of nitro benzene ring substituents is 1.